The lowest BCUT2D eigenvalue weighted by molar-refractivity contribution is 0.0984. The van der Waals surface area contributed by atoms with E-state index in [0.717, 1.165) is 29.7 Å². The summed E-state index contributed by atoms with van der Waals surface area (Å²) in [6.45, 7) is 3.11. The highest BCUT2D eigenvalue weighted by Crippen LogP contribution is 2.39. The van der Waals surface area contributed by atoms with Gasteiger partial charge in [0.2, 0.25) is 10.0 Å². The second kappa shape index (κ2) is 7.13. The van der Waals surface area contributed by atoms with Crippen molar-refractivity contribution in [3.63, 3.8) is 0 Å². The normalized spacial score (nSPS) is 18.1. The highest BCUT2D eigenvalue weighted by atomic mass is 32.2. The van der Waals surface area contributed by atoms with Gasteiger partial charge in [-0.3, -0.25) is 9.10 Å². The third-order valence-corrected chi connectivity index (χ3v) is 7.37. The summed E-state index contributed by atoms with van der Waals surface area (Å²) in [7, 11) is -1.67. The first-order valence-electron chi connectivity index (χ1n) is 9.51. The molecule has 0 aliphatic carbocycles. The zero-order chi connectivity index (χ0) is 19.9. The fraction of sp³-hybridized carbons (Fsp3) is 0.381. The molecule has 1 amide bonds. The molecule has 1 fully saturated rings. The number of nitrogens with zero attached hydrogens (tertiary/aromatic N) is 2. The first-order chi connectivity index (χ1) is 13.4. The largest absolute Gasteiger partial charge is 0.495 e. The summed E-state index contributed by atoms with van der Waals surface area (Å²) in [5.74, 6) is 0.705. The molecule has 2 aromatic rings. The third-order valence-electron chi connectivity index (χ3n) is 5.50. The molecule has 0 atom stereocenters. The summed E-state index contributed by atoms with van der Waals surface area (Å²) in [6.07, 6.45) is 2.40. The molecule has 2 aliphatic heterocycles. The predicted molar refractivity (Wildman–Crippen MR) is 110 cm³/mol. The van der Waals surface area contributed by atoms with Crippen LogP contribution in [-0.4, -0.2) is 40.3 Å². The number of methoxy groups -OCH3 is 1. The fourth-order valence-electron chi connectivity index (χ4n) is 4.10. The Bertz CT molecular complexity index is 1030. The number of sulfonamides is 1. The number of hydrogen-bond acceptors (Lipinski definition) is 4. The lowest BCUT2D eigenvalue weighted by atomic mass is 9.95. The maximum Gasteiger partial charge on any atom is 0.258 e. The van der Waals surface area contributed by atoms with Crippen LogP contribution in [0.2, 0.25) is 0 Å². The molecule has 148 valence electrons. The fourth-order valence-corrected chi connectivity index (χ4v) is 5.66. The number of fused-ring (bicyclic) bond motifs is 1. The van der Waals surface area contributed by atoms with Gasteiger partial charge in [-0.25, -0.2) is 8.42 Å². The van der Waals surface area contributed by atoms with Crippen LogP contribution in [0.1, 0.15) is 34.3 Å². The van der Waals surface area contributed by atoms with Gasteiger partial charge in [0.1, 0.15) is 5.75 Å². The topological polar surface area (TPSA) is 66.9 Å². The number of hydrogen-bond donors (Lipinski definition) is 0. The molecule has 0 unspecified atom stereocenters. The minimum absolute atomic E-state index is 0.136. The highest BCUT2D eigenvalue weighted by Gasteiger charge is 2.31. The van der Waals surface area contributed by atoms with E-state index in [1.807, 2.05) is 19.1 Å². The van der Waals surface area contributed by atoms with Crippen LogP contribution < -0.4 is 13.9 Å². The number of carbonyl (C=O) groups is 1. The average Bonchev–Trinajstić information content (AvgIpc) is 3.06. The van der Waals surface area contributed by atoms with Crippen molar-refractivity contribution in [3.8, 4) is 5.75 Å². The third kappa shape index (κ3) is 3.13. The monoisotopic (exact) mass is 400 g/mol. The lowest BCUT2D eigenvalue weighted by Gasteiger charge is -2.32. The lowest BCUT2D eigenvalue weighted by Crippen LogP contribution is -2.36. The molecular weight excluding hydrogens is 376 g/mol. The van der Waals surface area contributed by atoms with Crippen molar-refractivity contribution in [1.82, 2.24) is 0 Å². The van der Waals surface area contributed by atoms with Gasteiger partial charge in [0.25, 0.3) is 5.91 Å². The van der Waals surface area contributed by atoms with E-state index in [2.05, 4.69) is 0 Å². The first-order valence-corrected chi connectivity index (χ1v) is 11.1. The van der Waals surface area contributed by atoms with Gasteiger partial charge in [-0.05, 0) is 61.6 Å². The van der Waals surface area contributed by atoms with E-state index in [1.54, 1.807) is 36.3 Å². The number of rotatable bonds is 3. The smallest absolute Gasteiger partial charge is 0.258 e. The van der Waals surface area contributed by atoms with Crippen molar-refractivity contribution in [2.45, 2.75) is 26.2 Å². The van der Waals surface area contributed by atoms with Crippen LogP contribution in [0.4, 0.5) is 11.4 Å². The number of benzene rings is 2. The summed E-state index contributed by atoms with van der Waals surface area (Å²) in [5, 5.41) is 0. The van der Waals surface area contributed by atoms with Crippen molar-refractivity contribution >= 4 is 27.3 Å². The van der Waals surface area contributed by atoms with Gasteiger partial charge in [-0.1, -0.05) is 12.1 Å². The van der Waals surface area contributed by atoms with E-state index < -0.39 is 10.0 Å². The average molecular weight is 401 g/mol. The summed E-state index contributed by atoms with van der Waals surface area (Å²) in [5.41, 5.74) is 4.15. The molecular formula is C21H24N2O4S. The molecule has 2 aliphatic rings. The van der Waals surface area contributed by atoms with Crippen LogP contribution in [0.15, 0.2) is 36.4 Å². The number of carbonyl (C=O) groups excluding carboxylic acids is 1. The standard InChI is InChI=1S/C21H24N2O4S/c1-15-9-10-19(27-2)20-18(15)8-4-11-22(20)21(24)16-6-3-7-17(14-16)23-12-5-13-28(23,25)26/h3,6-7,9-10,14H,4-5,8,11-13H2,1-2H3. The number of aryl methyl sites for hydroxylation is 1. The second-order valence-electron chi connectivity index (χ2n) is 7.26. The van der Waals surface area contributed by atoms with Crippen LogP contribution in [0.3, 0.4) is 0 Å². The van der Waals surface area contributed by atoms with Crippen molar-refractivity contribution in [3.05, 3.63) is 53.1 Å². The van der Waals surface area contributed by atoms with Gasteiger partial charge in [-0.15, -0.1) is 0 Å². The Labute approximate surface area is 165 Å². The molecule has 2 heterocycles. The quantitative estimate of drug-likeness (QED) is 0.794. The molecule has 6 nitrogen and oxygen atoms in total. The van der Waals surface area contributed by atoms with E-state index in [0.29, 0.717) is 36.5 Å². The molecule has 2 aromatic carbocycles. The SMILES string of the molecule is COc1ccc(C)c2c1N(C(=O)c1cccc(N3CCCS3(=O)=O)c1)CCC2. The summed E-state index contributed by atoms with van der Waals surface area (Å²) in [4.78, 5) is 15.1. The van der Waals surface area contributed by atoms with Crippen molar-refractivity contribution in [2.24, 2.45) is 0 Å². The molecule has 0 bridgehead atoms. The summed E-state index contributed by atoms with van der Waals surface area (Å²) in [6, 6.07) is 10.8. The Kier molecular flexibility index (Phi) is 4.79. The predicted octanol–water partition coefficient (Wildman–Crippen LogP) is 3.14. The molecule has 0 N–H and O–H groups in total. The van der Waals surface area contributed by atoms with Crippen molar-refractivity contribution in [1.29, 1.82) is 0 Å². The van der Waals surface area contributed by atoms with Gasteiger partial charge in [-0.2, -0.15) is 0 Å². The molecule has 0 radical (unpaired) electrons. The highest BCUT2D eigenvalue weighted by molar-refractivity contribution is 7.93. The first kappa shape index (κ1) is 18.8. The van der Waals surface area contributed by atoms with Crippen LogP contribution in [-0.2, 0) is 16.4 Å². The van der Waals surface area contributed by atoms with Crippen LogP contribution in [0.25, 0.3) is 0 Å². The summed E-state index contributed by atoms with van der Waals surface area (Å²) >= 11 is 0. The Balaban J connectivity index is 1.73. The van der Waals surface area contributed by atoms with E-state index in [4.69, 9.17) is 4.74 Å². The molecule has 0 spiro atoms. The van der Waals surface area contributed by atoms with Gasteiger partial charge in [0.05, 0.1) is 24.2 Å². The van der Waals surface area contributed by atoms with Gasteiger partial charge in [0.15, 0.2) is 0 Å². The maximum atomic E-state index is 13.4. The zero-order valence-corrected chi connectivity index (χ0v) is 17.0. The Hall–Kier alpha value is -2.54. The minimum atomic E-state index is -3.28. The molecule has 0 saturated carbocycles. The van der Waals surface area contributed by atoms with Crippen LogP contribution in [0.5, 0.6) is 5.75 Å². The number of anilines is 2. The van der Waals surface area contributed by atoms with Crippen molar-refractivity contribution < 1.29 is 17.9 Å². The Morgan fingerprint density at radius 3 is 2.64 bits per heavy atom. The molecule has 7 heteroatoms. The molecule has 28 heavy (non-hydrogen) atoms. The summed E-state index contributed by atoms with van der Waals surface area (Å²) < 4.78 is 31.4. The second-order valence-corrected chi connectivity index (χ2v) is 9.28. The van der Waals surface area contributed by atoms with E-state index >= 15 is 0 Å². The van der Waals surface area contributed by atoms with Crippen molar-refractivity contribution in [2.75, 3.05) is 35.2 Å². The number of amides is 1. The Morgan fingerprint density at radius 2 is 1.93 bits per heavy atom. The Morgan fingerprint density at radius 1 is 1.11 bits per heavy atom. The van der Waals surface area contributed by atoms with Gasteiger partial charge < -0.3 is 9.64 Å². The van der Waals surface area contributed by atoms with Crippen LogP contribution in [0, 0.1) is 6.92 Å². The van der Waals surface area contributed by atoms with Gasteiger partial charge in [0, 0.05) is 18.7 Å². The maximum absolute atomic E-state index is 13.4. The van der Waals surface area contributed by atoms with E-state index in [1.165, 1.54) is 4.31 Å². The van der Waals surface area contributed by atoms with Gasteiger partial charge >= 0.3 is 0 Å². The zero-order valence-electron chi connectivity index (χ0n) is 16.1. The molecule has 0 aromatic heterocycles. The molecule has 4 rings (SSSR count). The minimum Gasteiger partial charge on any atom is -0.495 e. The van der Waals surface area contributed by atoms with E-state index in [-0.39, 0.29) is 11.7 Å². The van der Waals surface area contributed by atoms with E-state index in [9.17, 15) is 13.2 Å². The van der Waals surface area contributed by atoms with Crippen LogP contribution >= 0.6 is 0 Å². The number of ether oxygens (including phenoxy) is 1. The molecule has 1 saturated heterocycles.